The second kappa shape index (κ2) is 9.16. The number of aromatic nitrogens is 2. The van der Waals surface area contributed by atoms with Gasteiger partial charge in [-0.25, -0.2) is 4.39 Å². The third-order valence-corrected chi connectivity index (χ3v) is 7.62. The van der Waals surface area contributed by atoms with E-state index in [4.69, 9.17) is 5.73 Å². The van der Waals surface area contributed by atoms with Gasteiger partial charge in [0.15, 0.2) is 0 Å². The van der Waals surface area contributed by atoms with Crippen molar-refractivity contribution in [2.45, 2.75) is 19.3 Å². The maximum absolute atomic E-state index is 14.1. The van der Waals surface area contributed by atoms with Crippen LogP contribution in [0.3, 0.4) is 0 Å². The highest BCUT2D eigenvalue weighted by molar-refractivity contribution is 7.14. The van der Waals surface area contributed by atoms with Gasteiger partial charge in [0.1, 0.15) is 5.82 Å². The monoisotopic (exact) mass is 502 g/mol. The van der Waals surface area contributed by atoms with Gasteiger partial charge in [-0.3, -0.25) is 24.0 Å². The van der Waals surface area contributed by atoms with Gasteiger partial charge >= 0.3 is 0 Å². The van der Waals surface area contributed by atoms with Crippen molar-refractivity contribution >= 4 is 29.1 Å². The van der Waals surface area contributed by atoms with Crippen molar-refractivity contribution in [2.24, 2.45) is 12.8 Å². The summed E-state index contributed by atoms with van der Waals surface area (Å²) in [6.07, 6.45) is 1.94. The topological polar surface area (TPSA) is 98.3 Å². The predicted octanol–water partition coefficient (Wildman–Crippen LogP) is 4.32. The highest BCUT2D eigenvalue weighted by Crippen LogP contribution is 2.42. The highest BCUT2D eigenvalue weighted by Gasteiger charge is 2.38. The fraction of sp³-hybridized carbons (Fsp3) is 0.185. The fourth-order valence-electron chi connectivity index (χ4n) is 4.90. The second-order valence-corrected chi connectivity index (χ2v) is 10.0. The third kappa shape index (κ3) is 4.01. The van der Waals surface area contributed by atoms with Crippen LogP contribution in [0.2, 0.25) is 0 Å². The number of thiophene rings is 1. The highest BCUT2D eigenvalue weighted by atomic mass is 32.1. The van der Waals surface area contributed by atoms with E-state index in [2.05, 4.69) is 5.10 Å². The number of imide groups is 1. The Labute approximate surface area is 211 Å². The first-order valence-corrected chi connectivity index (χ1v) is 12.2. The summed E-state index contributed by atoms with van der Waals surface area (Å²) >= 11 is 1.27. The molecule has 3 amide bonds. The van der Waals surface area contributed by atoms with Gasteiger partial charge in [0.25, 0.3) is 17.7 Å². The Hall–Kier alpha value is -4.11. The minimum Gasteiger partial charge on any atom is -0.365 e. The van der Waals surface area contributed by atoms with Gasteiger partial charge in [0.05, 0.1) is 21.7 Å². The maximum atomic E-state index is 14.1. The quantitative estimate of drug-likeness (QED) is 0.381. The van der Waals surface area contributed by atoms with Gasteiger partial charge in [0.2, 0.25) is 0 Å². The summed E-state index contributed by atoms with van der Waals surface area (Å²) in [4.78, 5) is 41.4. The van der Waals surface area contributed by atoms with Crippen LogP contribution in [0.5, 0.6) is 0 Å². The molecule has 0 unspecified atom stereocenters. The molecule has 4 aromatic rings. The van der Waals surface area contributed by atoms with Gasteiger partial charge < -0.3 is 5.73 Å². The number of rotatable bonds is 7. The molecule has 1 atom stereocenters. The molecular formula is C27H23FN4O3S. The van der Waals surface area contributed by atoms with Crippen molar-refractivity contribution in [3.05, 3.63) is 98.6 Å². The van der Waals surface area contributed by atoms with E-state index in [1.54, 1.807) is 54.3 Å². The first-order valence-electron chi connectivity index (χ1n) is 11.4. The molecule has 0 spiro atoms. The number of carbonyl (C=O) groups is 3. The van der Waals surface area contributed by atoms with Gasteiger partial charge in [-0.2, -0.15) is 5.10 Å². The first kappa shape index (κ1) is 23.6. The summed E-state index contributed by atoms with van der Waals surface area (Å²) in [5.41, 5.74) is 9.37. The molecule has 0 saturated carbocycles. The van der Waals surface area contributed by atoms with Crippen LogP contribution in [0, 0.1) is 12.7 Å². The molecule has 2 aromatic heterocycles. The molecule has 182 valence electrons. The normalized spacial score (nSPS) is 13.8. The zero-order valence-electron chi connectivity index (χ0n) is 19.7. The lowest BCUT2D eigenvalue weighted by Crippen LogP contribution is -2.35. The van der Waals surface area contributed by atoms with Crippen LogP contribution in [0.25, 0.3) is 11.3 Å². The lowest BCUT2D eigenvalue weighted by molar-refractivity contribution is 0.0644. The van der Waals surface area contributed by atoms with E-state index in [-0.39, 0.29) is 13.0 Å². The fourth-order valence-corrected chi connectivity index (χ4v) is 6.01. The van der Waals surface area contributed by atoms with Crippen molar-refractivity contribution in [1.29, 1.82) is 0 Å². The summed E-state index contributed by atoms with van der Waals surface area (Å²) in [6, 6.07) is 14.7. The van der Waals surface area contributed by atoms with Crippen molar-refractivity contribution in [3.8, 4) is 11.3 Å². The number of halogens is 1. The summed E-state index contributed by atoms with van der Waals surface area (Å²) in [5, 5.41) is 4.28. The summed E-state index contributed by atoms with van der Waals surface area (Å²) < 4.78 is 15.8. The molecule has 5 rings (SSSR count). The number of hydrogen-bond acceptors (Lipinski definition) is 5. The SMILES string of the molecule is Cc1sc(C(N)=O)c([C@H](Cc2cccc(F)c2)CN2C(=O)c3ccccc3C2=O)c1-c1ccnn1C. The van der Waals surface area contributed by atoms with Crippen LogP contribution in [-0.4, -0.2) is 38.9 Å². The molecule has 3 heterocycles. The first-order chi connectivity index (χ1) is 17.3. The second-order valence-electron chi connectivity index (χ2n) is 8.78. The molecule has 2 N–H and O–H groups in total. The van der Waals surface area contributed by atoms with E-state index < -0.39 is 29.5 Å². The molecule has 1 aliphatic rings. The molecule has 0 saturated heterocycles. The number of primary amides is 1. The molecule has 36 heavy (non-hydrogen) atoms. The Morgan fingerprint density at radius 1 is 1.08 bits per heavy atom. The zero-order chi connectivity index (χ0) is 25.6. The lowest BCUT2D eigenvalue weighted by Gasteiger charge is -2.25. The van der Waals surface area contributed by atoms with Crippen LogP contribution in [-0.2, 0) is 13.5 Å². The Balaban J connectivity index is 1.66. The number of benzene rings is 2. The largest absolute Gasteiger partial charge is 0.365 e. The number of carbonyl (C=O) groups excluding carboxylic acids is 3. The molecule has 7 nitrogen and oxygen atoms in total. The maximum Gasteiger partial charge on any atom is 0.261 e. The lowest BCUT2D eigenvalue weighted by atomic mass is 9.87. The Morgan fingerprint density at radius 2 is 1.78 bits per heavy atom. The molecular weight excluding hydrogens is 479 g/mol. The van der Waals surface area contributed by atoms with E-state index in [0.717, 1.165) is 16.1 Å². The van der Waals surface area contributed by atoms with Crippen LogP contribution < -0.4 is 5.73 Å². The van der Waals surface area contributed by atoms with E-state index >= 15 is 0 Å². The van der Waals surface area contributed by atoms with Crippen LogP contribution in [0.4, 0.5) is 4.39 Å². The zero-order valence-corrected chi connectivity index (χ0v) is 20.5. The van der Waals surface area contributed by atoms with Crippen molar-refractivity contribution < 1.29 is 18.8 Å². The number of nitrogens with zero attached hydrogens (tertiary/aromatic N) is 3. The van der Waals surface area contributed by atoms with E-state index in [1.165, 1.54) is 28.4 Å². The molecule has 0 fully saturated rings. The van der Waals surface area contributed by atoms with Crippen molar-refractivity contribution in [2.75, 3.05) is 6.54 Å². The molecule has 0 bridgehead atoms. The summed E-state index contributed by atoms with van der Waals surface area (Å²) in [7, 11) is 1.80. The summed E-state index contributed by atoms with van der Waals surface area (Å²) in [5.74, 6) is -2.30. The van der Waals surface area contributed by atoms with Gasteiger partial charge in [-0.15, -0.1) is 11.3 Å². The minimum atomic E-state index is -0.599. The minimum absolute atomic E-state index is 0.00413. The van der Waals surface area contributed by atoms with Crippen LogP contribution in [0.1, 0.15) is 52.3 Å². The average Bonchev–Trinajstić information content (AvgIpc) is 3.49. The predicted molar refractivity (Wildman–Crippen MR) is 134 cm³/mol. The number of hydrogen-bond donors (Lipinski definition) is 1. The van der Waals surface area contributed by atoms with Gasteiger partial charge in [-0.1, -0.05) is 24.3 Å². The van der Waals surface area contributed by atoms with Crippen LogP contribution >= 0.6 is 11.3 Å². The Morgan fingerprint density at radius 3 is 2.36 bits per heavy atom. The molecule has 1 aliphatic heterocycles. The Bertz CT molecular complexity index is 1490. The molecule has 2 aromatic carbocycles. The van der Waals surface area contributed by atoms with Crippen molar-refractivity contribution in [3.63, 3.8) is 0 Å². The smallest absolute Gasteiger partial charge is 0.261 e. The van der Waals surface area contributed by atoms with Gasteiger partial charge in [-0.05, 0) is 54.8 Å². The number of aryl methyl sites for hydroxylation is 2. The molecule has 9 heteroatoms. The van der Waals surface area contributed by atoms with E-state index in [9.17, 15) is 18.8 Å². The van der Waals surface area contributed by atoms with Crippen molar-refractivity contribution in [1.82, 2.24) is 14.7 Å². The van der Waals surface area contributed by atoms with Gasteiger partial charge in [0, 0.05) is 36.1 Å². The summed E-state index contributed by atoms with van der Waals surface area (Å²) in [6.45, 7) is 1.90. The number of nitrogens with two attached hydrogens (primary N) is 1. The van der Waals surface area contributed by atoms with E-state index in [0.29, 0.717) is 27.1 Å². The number of fused-ring (bicyclic) bond motifs is 1. The third-order valence-electron chi connectivity index (χ3n) is 6.48. The molecule has 0 aliphatic carbocycles. The van der Waals surface area contributed by atoms with Crippen LogP contribution in [0.15, 0.2) is 60.8 Å². The number of amides is 3. The molecule has 0 radical (unpaired) electrons. The van der Waals surface area contributed by atoms with E-state index in [1.807, 2.05) is 13.0 Å². The Kier molecular flexibility index (Phi) is 6.01. The average molecular weight is 503 g/mol. The standard InChI is InChI=1S/C27H23FN4O3S/c1-15-22(21-10-11-30-31(21)2)23(24(36-15)25(29)33)17(12-16-6-5-7-18(28)13-16)14-32-26(34)19-8-3-4-9-20(19)27(32)35/h3-11,13,17H,12,14H2,1-2H3,(H2,29,33)/t17-/m1/s1.